The molecule has 3 aromatic rings. The van der Waals surface area contributed by atoms with E-state index in [1.807, 2.05) is 0 Å². The van der Waals surface area contributed by atoms with E-state index in [1.165, 1.54) is 12.1 Å². The van der Waals surface area contributed by atoms with Crippen LogP contribution in [0.3, 0.4) is 0 Å². The van der Waals surface area contributed by atoms with Gasteiger partial charge in [-0.15, -0.1) is 0 Å². The highest BCUT2D eigenvalue weighted by Crippen LogP contribution is 2.31. The van der Waals surface area contributed by atoms with Gasteiger partial charge in [0, 0.05) is 23.4 Å². The summed E-state index contributed by atoms with van der Waals surface area (Å²) in [4.78, 5) is 8.48. The molecule has 0 aliphatic rings. The third-order valence-corrected chi connectivity index (χ3v) is 4.06. The molecule has 8 heteroatoms. The van der Waals surface area contributed by atoms with E-state index in [9.17, 15) is 18.3 Å². The quantitative estimate of drug-likeness (QED) is 0.660. The van der Waals surface area contributed by atoms with Crippen LogP contribution in [0, 0.1) is 0 Å². The van der Waals surface area contributed by atoms with E-state index >= 15 is 0 Å². The third-order valence-electron chi connectivity index (χ3n) is 3.63. The van der Waals surface area contributed by atoms with Gasteiger partial charge in [-0.2, -0.15) is 13.2 Å². The first-order chi connectivity index (χ1) is 11.8. The predicted molar refractivity (Wildman–Crippen MR) is 92.1 cm³/mol. The molecule has 1 unspecified atom stereocenters. The fraction of sp³-hybridized carbons (Fsp3) is 0.176. The van der Waals surface area contributed by atoms with Crippen molar-refractivity contribution < 1.29 is 18.3 Å². The number of aliphatic hydroxyl groups excluding tert-OH is 1. The number of nitrogens with zero attached hydrogens (tertiary/aromatic N) is 2. The minimum atomic E-state index is -4.44. The number of hydrogen-bond acceptors (Lipinski definition) is 4. The van der Waals surface area contributed by atoms with Crippen molar-refractivity contribution in [2.45, 2.75) is 12.3 Å². The second-order valence-electron chi connectivity index (χ2n) is 5.40. The van der Waals surface area contributed by atoms with Gasteiger partial charge in [-0.05, 0) is 45.8 Å². The molecular weight excluding hydrogens is 399 g/mol. The zero-order chi connectivity index (χ0) is 18.0. The first-order valence-electron chi connectivity index (χ1n) is 7.34. The molecule has 0 spiro atoms. The molecular formula is C17H13BrF3N3O. The summed E-state index contributed by atoms with van der Waals surface area (Å²) in [7, 11) is 0. The van der Waals surface area contributed by atoms with Crippen LogP contribution in [-0.2, 0) is 6.18 Å². The normalized spacial score (nSPS) is 13.0. The van der Waals surface area contributed by atoms with Gasteiger partial charge in [0.2, 0.25) is 0 Å². The van der Waals surface area contributed by atoms with Crippen LogP contribution in [0.15, 0.2) is 53.3 Å². The Balaban J connectivity index is 1.78. The van der Waals surface area contributed by atoms with E-state index in [1.54, 1.807) is 24.5 Å². The van der Waals surface area contributed by atoms with Crippen molar-refractivity contribution in [3.63, 3.8) is 0 Å². The van der Waals surface area contributed by atoms with Crippen molar-refractivity contribution in [2.24, 2.45) is 0 Å². The average Bonchev–Trinajstić information content (AvgIpc) is 2.58. The summed E-state index contributed by atoms with van der Waals surface area (Å²) in [6.07, 6.45) is -2.32. The zero-order valence-corrected chi connectivity index (χ0v) is 14.3. The van der Waals surface area contributed by atoms with E-state index in [0.29, 0.717) is 16.7 Å². The van der Waals surface area contributed by atoms with Crippen LogP contribution in [0.5, 0.6) is 0 Å². The predicted octanol–water partition coefficient (Wildman–Crippen LogP) is 4.56. The average molecular weight is 412 g/mol. The first-order valence-corrected chi connectivity index (χ1v) is 8.13. The number of alkyl halides is 3. The highest BCUT2D eigenvalue weighted by Gasteiger charge is 2.30. The molecule has 0 aliphatic carbocycles. The minimum absolute atomic E-state index is 0.0398. The van der Waals surface area contributed by atoms with Crippen LogP contribution in [0.4, 0.5) is 18.9 Å². The Labute approximate surface area is 149 Å². The molecule has 0 radical (unpaired) electrons. The molecule has 0 aliphatic heterocycles. The molecule has 1 atom stereocenters. The van der Waals surface area contributed by atoms with E-state index in [2.05, 4.69) is 31.2 Å². The van der Waals surface area contributed by atoms with Crippen LogP contribution in [0.25, 0.3) is 11.0 Å². The number of aliphatic hydroxyl groups is 1. The van der Waals surface area contributed by atoms with E-state index in [0.717, 1.165) is 16.6 Å². The Hall–Kier alpha value is -2.19. The maximum atomic E-state index is 12.8. The number of anilines is 1. The largest absolute Gasteiger partial charge is 0.416 e. The van der Waals surface area contributed by atoms with Crippen molar-refractivity contribution in [3.8, 4) is 0 Å². The number of pyridine rings is 2. The summed E-state index contributed by atoms with van der Waals surface area (Å²) in [6, 6.07) is 8.16. The smallest absolute Gasteiger partial charge is 0.387 e. The molecule has 4 nitrogen and oxygen atoms in total. The van der Waals surface area contributed by atoms with Gasteiger partial charge >= 0.3 is 6.18 Å². The number of halogens is 4. The molecule has 130 valence electrons. The van der Waals surface area contributed by atoms with Gasteiger partial charge < -0.3 is 10.4 Å². The fourth-order valence-corrected chi connectivity index (χ4v) is 2.71. The lowest BCUT2D eigenvalue weighted by molar-refractivity contribution is -0.137. The van der Waals surface area contributed by atoms with Gasteiger partial charge in [-0.25, -0.2) is 0 Å². The van der Waals surface area contributed by atoms with Crippen LogP contribution in [-0.4, -0.2) is 21.6 Å². The lowest BCUT2D eigenvalue weighted by Crippen LogP contribution is -2.14. The van der Waals surface area contributed by atoms with Crippen LogP contribution >= 0.6 is 15.9 Å². The maximum absolute atomic E-state index is 12.8. The second kappa shape index (κ2) is 6.97. The summed E-state index contributed by atoms with van der Waals surface area (Å²) < 4.78 is 39.1. The number of fused-ring (bicyclic) bond motifs is 1. The molecule has 0 amide bonds. The highest BCUT2D eigenvalue weighted by atomic mass is 79.9. The number of nitrogens with one attached hydrogen (secondary N) is 1. The number of rotatable bonds is 4. The van der Waals surface area contributed by atoms with Gasteiger partial charge in [-0.1, -0.05) is 12.1 Å². The molecule has 0 saturated carbocycles. The van der Waals surface area contributed by atoms with Crippen molar-refractivity contribution in [2.75, 3.05) is 11.9 Å². The molecule has 25 heavy (non-hydrogen) atoms. The Bertz CT molecular complexity index is 902. The molecule has 0 bridgehead atoms. The summed E-state index contributed by atoms with van der Waals surface area (Å²) in [5.41, 5.74) is 1.32. The molecule has 2 heterocycles. The molecule has 0 fully saturated rings. The monoisotopic (exact) mass is 411 g/mol. The Morgan fingerprint density at radius 2 is 1.96 bits per heavy atom. The van der Waals surface area contributed by atoms with Gasteiger partial charge in [-0.3, -0.25) is 9.97 Å². The number of aromatic nitrogens is 2. The lowest BCUT2D eigenvalue weighted by atomic mass is 10.1. The van der Waals surface area contributed by atoms with Gasteiger partial charge in [0.1, 0.15) is 5.52 Å². The molecule has 0 saturated heterocycles. The van der Waals surface area contributed by atoms with E-state index in [4.69, 9.17) is 0 Å². The van der Waals surface area contributed by atoms with Crippen molar-refractivity contribution in [1.82, 2.24) is 9.97 Å². The van der Waals surface area contributed by atoms with E-state index < -0.39 is 17.8 Å². The second-order valence-corrected chi connectivity index (χ2v) is 6.32. The highest BCUT2D eigenvalue weighted by molar-refractivity contribution is 9.10. The van der Waals surface area contributed by atoms with E-state index in [-0.39, 0.29) is 12.1 Å². The van der Waals surface area contributed by atoms with Crippen LogP contribution < -0.4 is 5.32 Å². The molecule has 3 rings (SSSR count). The maximum Gasteiger partial charge on any atom is 0.416 e. The first kappa shape index (κ1) is 17.6. The minimum Gasteiger partial charge on any atom is -0.387 e. The molecule has 2 aromatic heterocycles. The van der Waals surface area contributed by atoms with Crippen LogP contribution in [0.2, 0.25) is 0 Å². The molecule has 1 aromatic carbocycles. The zero-order valence-electron chi connectivity index (χ0n) is 12.8. The lowest BCUT2D eigenvalue weighted by Gasteiger charge is -2.16. The standard InChI is InChI=1S/C17H13BrF3N3O/c18-12-7-14-16(24-8-12)13(4-5-22-14)23-9-15(25)10-2-1-3-11(6-10)17(19,20)21/h1-8,15,25H,9H2,(H,22,23). The summed E-state index contributed by atoms with van der Waals surface area (Å²) in [6.45, 7) is 0.0398. The van der Waals surface area contributed by atoms with Gasteiger partial charge in [0.25, 0.3) is 0 Å². The van der Waals surface area contributed by atoms with Crippen molar-refractivity contribution in [1.29, 1.82) is 0 Å². The fourth-order valence-electron chi connectivity index (χ4n) is 2.39. The Kier molecular flexibility index (Phi) is 4.91. The third kappa shape index (κ3) is 4.08. The van der Waals surface area contributed by atoms with Gasteiger partial charge in [0.15, 0.2) is 0 Å². The molecule has 2 N–H and O–H groups in total. The summed E-state index contributed by atoms with van der Waals surface area (Å²) in [5.74, 6) is 0. The number of hydrogen-bond donors (Lipinski definition) is 2. The van der Waals surface area contributed by atoms with Crippen molar-refractivity contribution in [3.05, 3.63) is 64.4 Å². The van der Waals surface area contributed by atoms with Crippen molar-refractivity contribution >= 4 is 32.7 Å². The Morgan fingerprint density at radius 3 is 2.72 bits per heavy atom. The SMILES string of the molecule is OC(CNc1ccnc2cc(Br)cnc12)c1cccc(C(F)(F)F)c1. The summed E-state index contributed by atoms with van der Waals surface area (Å²) >= 11 is 3.32. The van der Waals surface area contributed by atoms with Crippen LogP contribution in [0.1, 0.15) is 17.2 Å². The topological polar surface area (TPSA) is 58.0 Å². The Morgan fingerprint density at radius 1 is 1.16 bits per heavy atom. The van der Waals surface area contributed by atoms with Gasteiger partial charge in [0.05, 0.1) is 22.9 Å². The number of benzene rings is 1. The summed E-state index contributed by atoms with van der Waals surface area (Å²) in [5, 5.41) is 13.2.